The van der Waals surface area contributed by atoms with E-state index in [9.17, 15) is 0 Å². The summed E-state index contributed by atoms with van der Waals surface area (Å²) in [6, 6.07) is 165. The molecule has 20 aromatic carbocycles. The van der Waals surface area contributed by atoms with E-state index < -0.39 is 0 Å². The first-order chi connectivity index (χ1) is 62.5. The van der Waals surface area contributed by atoms with Crippen molar-refractivity contribution < 1.29 is 8.83 Å². The maximum Gasteiger partial charge on any atom is 0.160 e. The molecule has 0 N–H and O–H groups in total. The van der Waals surface area contributed by atoms with Gasteiger partial charge < -0.3 is 27.1 Å². The second-order valence-electron chi connectivity index (χ2n) is 33.2. The topological polar surface area (TPSA) is 46.0 Å². The SMILES string of the molecule is c1ccc(-c2ccc(-n3c4ccccc4c4cc(-c5cccc6c5c5ccccc5n6-c5ccc(-c6ccccc6-c6ccccc6)c6c5oc5ccc(-c7ccc8c(c7)c7ccc(-c9cccc%10c9c9ccccc9n%10-c9ccc(-c%10ccccc%10-c%10ccccc%10)c%10c9oc9ccccc9%10)cc7n8-c7ccc(-c8ccccc8)cc7)cc56)ccc43)cc2)cc1. The fraction of sp³-hybridized carbons (Fsp3) is 0. The van der Waals surface area contributed by atoms with Crippen LogP contribution in [0, 0.1) is 0 Å². The third kappa shape index (κ3) is 11.0. The summed E-state index contributed by atoms with van der Waals surface area (Å²) in [5, 5.41) is 13.7. The van der Waals surface area contributed by atoms with Crippen molar-refractivity contribution in [3.63, 3.8) is 0 Å². The van der Waals surface area contributed by atoms with Gasteiger partial charge in [0, 0.05) is 76.0 Å². The minimum atomic E-state index is 0.810. The van der Waals surface area contributed by atoms with Crippen LogP contribution in [0.25, 0.3) is 254 Å². The van der Waals surface area contributed by atoms with Crippen LogP contribution in [-0.2, 0) is 0 Å². The Hall–Kier alpha value is -16.8. The lowest BCUT2D eigenvalue weighted by molar-refractivity contribution is 0.666. The highest BCUT2D eigenvalue weighted by molar-refractivity contribution is 6.24. The van der Waals surface area contributed by atoms with E-state index >= 15 is 0 Å². The molecule has 0 saturated carbocycles. The van der Waals surface area contributed by atoms with E-state index in [-0.39, 0.29) is 0 Å². The molecule has 6 heteroatoms. The smallest absolute Gasteiger partial charge is 0.160 e. The number of nitrogens with zero attached hydrogens (tertiary/aromatic N) is 4. The van der Waals surface area contributed by atoms with Crippen LogP contribution in [0.15, 0.2) is 458 Å². The zero-order chi connectivity index (χ0) is 82.6. The minimum Gasteiger partial charge on any atom is -0.454 e. The first kappa shape index (κ1) is 71.0. The molecule has 6 heterocycles. The fourth-order valence-electron chi connectivity index (χ4n) is 20.8. The van der Waals surface area contributed by atoms with Crippen LogP contribution in [0.1, 0.15) is 0 Å². The molecule has 0 atom stereocenters. The molecule has 0 bridgehead atoms. The van der Waals surface area contributed by atoms with Gasteiger partial charge in [0.2, 0.25) is 0 Å². The maximum absolute atomic E-state index is 7.55. The van der Waals surface area contributed by atoms with Crippen molar-refractivity contribution in [1.82, 2.24) is 18.3 Å². The third-order valence-electron chi connectivity index (χ3n) is 26.4. The average Bonchev–Trinajstić information content (AvgIpc) is 1.59. The molecule has 6 nitrogen and oxygen atoms in total. The van der Waals surface area contributed by atoms with E-state index in [0.717, 1.165) is 199 Å². The van der Waals surface area contributed by atoms with Crippen LogP contribution in [0.5, 0.6) is 0 Å². The molecule has 0 spiro atoms. The van der Waals surface area contributed by atoms with E-state index in [2.05, 4.69) is 467 Å². The summed E-state index contributed by atoms with van der Waals surface area (Å²) in [6.07, 6.45) is 0. The van der Waals surface area contributed by atoms with Crippen LogP contribution < -0.4 is 0 Å². The summed E-state index contributed by atoms with van der Waals surface area (Å²) in [4.78, 5) is 0. The summed E-state index contributed by atoms with van der Waals surface area (Å²) in [5.74, 6) is 0. The van der Waals surface area contributed by atoms with E-state index in [1.807, 2.05) is 0 Å². The molecule has 586 valence electrons. The van der Waals surface area contributed by atoms with Gasteiger partial charge in [0.1, 0.15) is 11.2 Å². The Balaban J connectivity index is 0.636. The molecular weight excluding hydrogens is 1530 g/mol. The Bertz CT molecular complexity index is 8930. The predicted octanol–water partition coefficient (Wildman–Crippen LogP) is 32.9. The third-order valence-corrected chi connectivity index (χ3v) is 26.4. The summed E-state index contributed by atoms with van der Waals surface area (Å²) in [6.45, 7) is 0. The standard InChI is InChI=1S/C120H74N4O2/c1-5-27-75(28-6-1)77-51-59-85(60-52-77)121-103-45-21-17-39-93(103)101-73-83(57-67-106(101)121)89-43-25-48-108-115(89)97-40-18-22-46-104(97)124(108)111-69-65-96(92-38-16-14-36-88(92)80-33-11-4-12-34-80)118-102-72-82(58-70-114(102)126-120(111)118)81-56-66-107-100(71-81)94-63-55-84(74-112(94)122(107)86-61-53-78(54-62-86)76-29-7-2-8-30-76)90-44-26-49-109-116(90)98-41-19-23-47-105(98)123(109)110-68-64-95(117-99-42-20-24-50-113(99)125-119(110)117)91-37-15-13-35-87(91)79-31-9-3-10-32-79/h1-74H. The number of benzene rings is 20. The molecule has 0 unspecified atom stereocenters. The van der Waals surface area contributed by atoms with Gasteiger partial charge in [-0.25, -0.2) is 0 Å². The van der Waals surface area contributed by atoms with Crippen molar-refractivity contribution in [2.75, 3.05) is 0 Å². The molecule has 0 aliphatic rings. The molecule has 26 aromatic rings. The number of hydrogen-bond donors (Lipinski definition) is 0. The molecular formula is C120H74N4O2. The first-order valence-electron chi connectivity index (χ1n) is 43.3. The first-order valence-corrected chi connectivity index (χ1v) is 43.3. The highest BCUT2D eigenvalue weighted by Crippen LogP contribution is 2.51. The molecule has 26 rings (SSSR count). The summed E-state index contributed by atoms with van der Waals surface area (Å²) in [7, 11) is 0. The maximum atomic E-state index is 7.55. The van der Waals surface area contributed by atoms with Gasteiger partial charge in [-0.1, -0.05) is 334 Å². The molecule has 6 aromatic heterocycles. The normalized spacial score (nSPS) is 12.0. The monoisotopic (exact) mass is 1600 g/mol. The Kier molecular flexibility index (Phi) is 16.0. The van der Waals surface area contributed by atoms with Crippen molar-refractivity contribution in [2.45, 2.75) is 0 Å². The van der Waals surface area contributed by atoms with E-state index in [1.54, 1.807) is 0 Å². The Morgan fingerprint density at radius 3 is 1.00 bits per heavy atom. The second kappa shape index (κ2) is 28.4. The van der Waals surface area contributed by atoms with Crippen LogP contribution >= 0.6 is 0 Å². The van der Waals surface area contributed by atoms with Gasteiger partial charge in [0.25, 0.3) is 0 Å². The van der Waals surface area contributed by atoms with E-state index in [4.69, 9.17) is 8.83 Å². The lowest BCUT2D eigenvalue weighted by Crippen LogP contribution is -1.96. The second-order valence-corrected chi connectivity index (χ2v) is 33.2. The summed E-state index contributed by atoms with van der Waals surface area (Å²) in [5.41, 5.74) is 37.0. The lowest BCUT2D eigenvalue weighted by atomic mass is 9.91. The van der Waals surface area contributed by atoms with Gasteiger partial charge in [-0.15, -0.1) is 0 Å². The summed E-state index contributed by atoms with van der Waals surface area (Å²) < 4.78 is 24.5. The summed E-state index contributed by atoms with van der Waals surface area (Å²) >= 11 is 0. The Morgan fingerprint density at radius 2 is 0.476 bits per heavy atom. The number of fused-ring (bicyclic) bond motifs is 18. The van der Waals surface area contributed by atoms with Crippen LogP contribution in [-0.4, -0.2) is 18.3 Å². The van der Waals surface area contributed by atoms with Gasteiger partial charge in [0.15, 0.2) is 11.2 Å². The van der Waals surface area contributed by atoms with Crippen LogP contribution in [0.3, 0.4) is 0 Å². The lowest BCUT2D eigenvalue weighted by Gasteiger charge is -2.15. The Morgan fingerprint density at radius 1 is 0.143 bits per heavy atom. The van der Waals surface area contributed by atoms with Crippen molar-refractivity contribution in [1.29, 1.82) is 0 Å². The van der Waals surface area contributed by atoms with Gasteiger partial charge in [-0.2, -0.15) is 0 Å². The number of aromatic nitrogens is 4. The van der Waals surface area contributed by atoms with Crippen molar-refractivity contribution in [3.8, 4) is 123 Å². The molecule has 0 radical (unpaired) electrons. The van der Waals surface area contributed by atoms with Gasteiger partial charge in [-0.3, -0.25) is 0 Å². The molecule has 0 amide bonds. The zero-order valence-corrected chi connectivity index (χ0v) is 68.3. The molecule has 0 saturated heterocycles. The molecule has 0 fully saturated rings. The highest BCUT2D eigenvalue weighted by Gasteiger charge is 2.28. The minimum absolute atomic E-state index is 0.810. The van der Waals surface area contributed by atoms with Crippen molar-refractivity contribution in [3.05, 3.63) is 449 Å². The largest absolute Gasteiger partial charge is 0.454 e. The van der Waals surface area contributed by atoms with Crippen molar-refractivity contribution >= 4 is 131 Å². The van der Waals surface area contributed by atoms with Crippen LogP contribution in [0.2, 0.25) is 0 Å². The quantitative estimate of drug-likeness (QED) is 0.115. The molecule has 0 aliphatic heterocycles. The molecule has 126 heavy (non-hydrogen) atoms. The number of furan rings is 2. The Labute approximate surface area is 725 Å². The van der Waals surface area contributed by atoms with Gasteiger partial charge >= 0.3 is 0 Å². The number of rotatable bonds is 13. The number of hydrogen-bond acceptors (Lipinski definition) is 2. The molecule has 0 aliphatic carbocycles. The van der Waals surface area contributed by atoms with E-state index in [0.29, 0.717) is 0 Å². The van der Waals surface area contributed by atoms with Gasteiger partial charge in [0.05, 0.1) is 55.5 Å². The van der Waals surface area contributed by atoms with Crippen LogP contribution in [0.4, 0.5) is 0 Å². The highest BCUT2D eigenvalue weighted by atomic mass is 16.3. The fourth-order valence-corrected chi connectivity index (χ4v) is 20.8. The average molecular weight is 1600 g/mol. The van der Waals surface area contributed by atoms with Crippen molar-refractivity contribution in [2.24, 2.45) is 0 Å². The predicted molar refractivity (Wildman–Crippen MR) is 527 cm³/mol. The van der Waals surface area contributed by atoms with E-state index in [1.165, 1.54) is 54.9 Å². The zero-order valence-electron chi connectivity index (χ0n) is 68.3. The van der Waals surface area contributed by atoms with Gasteiger partial charge in [-0.05, 0) is 215 Å². The number of para-hydroxylation sites is 4.